The van der Waals surface area contributed by atoms with Crippen LogP contribution in [-0.2, 0) is 14.4 Å². The molecule has 1 saturated heterocycles. The van der Waals surface area contributed by atoms with Crippen molar-refractivity contribution >= 4 is 17.8 Å². The minimum absolute atomic E-state index is 0.00863. The van der Waals surface area contributed by atoms with Gasteiger partial charge in [0.05, 0.1) is 18.2 Å². The van der Waals surface area contributed by atoms with Gasteiger partial charge in [-0.25, -0.2) is 4.79 Å². The first-order valence-corrected chi connectivity index (χ1v) is 10.0. The quantitative estimate of drug-likeness (QED) is 0.541. The highest BCUT2D eigenvalue weighted by Crippen LogP contribution is 2.25. The average Bonchev–Trinajstić information content (AvgIpc) is 2.92. The first kappa shape index (κ1) is 25.1. The molecule has 0 aliphatic carbocycles. The Hall–Kier alpha value is -1.93. The highest BCUT2D eigenvalue weighted by Gasteiger charge is 2.40. The van der Waals surface area contributed by atoms with E-state index < -0.39 is 35.6 Å². The lowest BCUT2D eigenvalue weighted by Crippen LogP contribution is -2.58. The van der Waals surface area contributed by atoms with Crippen molar-refractivity contribution in [3.63, 3.8) is 0 Å². The van der Waals surface area contributed by atoms with E-state index in [-0.39, 0.29) is 23.3 Å². The lowest BCUT2D eigenvalue weighted by Gasteiger charge is -2.38. The number of aliphatic carboxylic acids is 1. The van der Waals surface area contributed by atoms with Gasteiger partial charge in [-0.15, -0.1) is 0 Å². The number of carboxylic acids is 1. The molecule has 1 fully saturated rings. The van der Waals surface area contributed by atoms with Crippen LogP contribution in [0.15, 0.2) is 11.6 Å². The van der Waals surface area contributed by atoms with Gasteiger partial charge in [0.15, 0.2) is 0 Å². The molecule has 8 heteroatoms. The SMILES string of the molecule is CC(=C[C@H](C(C)C)N(C)C(=O)[C@@H](NC(=O)[C@H]1C[C@@H](O)CN1C)C(C)(C)C)C(=O)O. The van der Waals surface area contributed by atoms with Gasteiger partial charge in [0, 0.05) is 19.2 Å². The molecular formula is C21H37N3O5. The molecule has 1 aliphatic rings. The van der Waals surface area contributed by atoms with Crippen molar-refractivity contribution in [2.24, 2.45) is 11.3 Å². The molecule has 1 heterocycles. The number of carboxylic acid groups (broad SMARTS) is 1. The summed E-state index contributed by atoms with van der Waals surface area (Å²) < 4.78 is 0. The van der Waals surface area contributed by atoms with Gasteiger partial charge in [0.2, 0.25) is 11.8 Å². The van der Waals surface area contributed by atoms with Crippen LogP contribution in [-0.4, -0.2) is 82.7 Å². The Morgan fingerprint density at radius 3 is 2.17 bits per heavy atom. The van der Waals surface area contributed by atoms with Crippen LogP contribution >= 0.6 is 0 Å². The van der Waals surface area contributed by atoms with Crippen molar-refractivity contribution in [2.75, 3.05) is 20.6 Å². The number of rotatable bonds is 7. The number of amides is 2. The number of nitrogens with zero attached hydrogens (tertiary/aromatic N) is 2. The van der Waals surface area contributed by atoms with Gasteiger partial charge in [-0.05, 0) is 31.7 Å². The lowest BCUT2D eigenvalue weighted by molar-refractivity contribution is -0.141. The Bertz CT molecular complexity index is 653. The van der Waals surface area contributed by atoms with Crippen LogP contribution in [0.5, 0.6) is 0 Å². The summed E-state index contributed by atoms with van der Waals surface area (Å²) in [5.41, 5.74) is -0.384. The molecule has 29 heavy (non-hydrogen) atoms. The normalized spacial score (nSPS) is 23.0. The zero-order valence-electron chi connectivity index (χ0n) is 18.9. The van der Waals surface area contributed by atoms with Crippen LogP contribution in [0.3, 0.4) is 0 Å². The maximum absolute atomic E-state index is 13.4. The van der Waals surface area contributed by atoms with Crippen LogP contribution in [0.2, 0.25) is 0 Å². The van der Waals surface area contributed by atoms with Crippen molar-refractivity contribution in [2.45, 2.75) is 72.2 Å². The third kappa shape index (κ3) is 6.54. The van der Waals surface area contributed by atoms with Crippen LogP contribution in [0.25, 0.3) is 0 Å². The second kappa shape index (κ2) is 9.71. The third-order valence-electron chi connectivity index (χ3n) is 5.46. The van der Waals surface area contributed by atoms with Crippen LogP contribution in [0.1, 0.15) is 48.0 Å². The molecule has 0 aromatic heterocycles. The molecule has 0 saturated carbocycles. The van der Waals surface area contributed by atoms with E-state index in [4.69, 9.17) is 0 Å². The van der Waals surface area contributed by atoms with Gasteiger partial charge in [-0.3, -0.25) is 14.5 Å². The summed E-state index contributed by atoms with van der Waals surface area (Å²) >= 11 is 0. The Morgan fingerprint density at radius 1 is 1.24 bits per heavy atom. The monoisotopic (exact) mass is 411 g/mol. The summed E-state index contributed by atoms with van der Waals surface area (Å²) in [6, 6.07) is -1.69. The zero-order valence-corrected chi connectivity index (χ0v) is 18.9. The maximum Gasteiger partial charge on any atom is 0.331 e. The van der Waals surface area contributed by atoms with E-state index in [0.717, 1.165) is 0 Å². The Kier molecular flexibility index (Phi) is 8.41. The van der Waals surface area contributed by atoms with Crippen LogP contribution in [0.4, 0.5) is 0 Å². The van der Waals surface area contributed by atoms with Gasteiger partial charge in [0.1, 0.15) is 6.04 Å². The van der Waals surface area contributed by atoms with Gasteiger partial charge in [0.25, 0.3) is 0 Å². The smallest absolute Gasteiger partial charge is 0.331 e. The average molecular weight is 412 g/mol. The molecule has 0 aromatic rings. The number of aliphatic hydroxyl groups is 1. The fourth-order valence-corrected chi connectivity index (χ4v) is 3.60. The van der Waals surface area contributed by atoms with E-state index in [1.54, 1.807) is 25.1 Å². The molecule has 3 N–H and O–H groups in total. The number of aliphatic hydroxyl groups excluding tert-OH is 1. The van der Waals surface area contributed by atoms with Gasteiger partial charge in [-0.2, -0.15) is 0 Å². The summed E-state index contributed by atoms with van der Waals surface area (Å²) in [4.78, 5) is 40.7. The van der Waals surface area contributed by atoms with Gasteiger partial charge < -0.3 is 20.4 Å². The minimum atomic E-state index is -1.03. The van der Waals surface area contributed by atoms with Crippen molar-refractivity contribution in [1.82, 2.24) is 15.1 Å². The molecule has 166 valence electrons. The second-order valence-corrected chi connectivity index (χ2v) is 9.49. The second-order valence-electron chi connectivity index (χ2n) is 9.49. The fraction of sp³-hybridized carbons (Fsp3) is 0.762. The van der Waals surface area contributed by atoms with Crippen LogP contribution < -0.4 is 5.32 Å². The highest BCUT2D eigenvalue weighted by atomic mass is 16.4. The number of nitrogens with one attached hydrogen (secondary N) is 1. The molecule has 1 rings (SSSR count). The molecular weight excluding hydrogens is 374 g/mol. The van der Waals surface area contributed by atoms with Crippen LogP contribution in [0, 0.1) is 11.3 Å². The lowest BCUT2D eigenvalue weighted by atomic mass is 9.85. The maximum atomic E-state index is 13.4. The molecule has 0 bridgehead atoms. The van der Waals surface area contributed by atoms with Crippen molar-refractivity contribution in [3.05, 3.63) is 11.6 Å². The summed E-state index contributed by atoms with van der Waals surface area (Å²) in [7, 11) is 3.41. The molecule has 0 aromatic carbocycles. The summed E-state index contributed by atoms with van der Waals surface area (Å²) in [6.45, 7) is 11.4. The summed E-state index contributed by atoms with van der Waals surface area (Å²) in [5.74, 6) is -1.60. The fourth-order valence-electron chi connectivity index (χ4n) is 3.60. The standard InChI is InChI=1S/C21H37N3O5/c1-12(2)15(9-13(3)20(28)29)24(8)19(27)17(21(4,5)6)22-18(26)16-10-14(25)11-23(16)7/h9,12,14-17,25H,10-11H2,1-8H3,(H,22,26)(H,28,29)/t14-,15-,16-,17-/m1/s1. The third-order valence-corrected chi connectivity index (χ3v) is 5.46. The van der Waals surface area contributed by atoms with Gasteiger partial charge in [-0.1, -0.05) is 40.7 Å². The molecule has 0 unspecified atom stereocenters. The number of hydrogen-bond donors (Lipinski definition) is 3. The summed E-state index contributed by atoms with van der Waals surface area (Å²) in [5, 5.41) is 21.9. The number of β-amino-alcohol motifs (C(OH)–C–C–N with tert-alkyl or cyclic N) is 1. The van der Waals surface area contributed by atoms with E-state index in [1.807, 2.05) is 34.6 Å². The molecule has 0 spiro atoms. The van der Waals surface area contributed by atoms with Crippen molar-refractivity contribution < 1.29 is 24.6 Å². The molecule has 0 radical (unpaired) electrons. The zero-order chi connectivity index (χ0) is 22.7. The molecule has 2 amide bonds. The van der Waals surface area contributed by atoms with E-state index in [9.17, 15) is 24.6 Å². The summed E-state index contributed by atoms with van der Waals surface area (Å²) in [6.07, 6.45) is 1.35. The predicted molar refractivity (Wildman–Crippen MR) is 111 cm³/mol. The Morgan fingerprint density at radius 2 is 1.79 bits per heavy atom. The topological polar surface area (TPSA) is 110 Å². The minimum Gasteiger partial charge on any atom is -0.478 e. The number of carbonyl (C=O) groups is 3. The number of likely N-dealkylation sites (N-methyl/N-ethyl adjacent to an activating group) is 2. The van der Waals surface area contributed by atoms with E-state index in [1.165, 1.54) is 11.8 Å². The Balaban J connectivity index is 3.10. The first-order chi connectivity index (χ1) is 13.2. The van der Waals surface area contributed by atoms with E-state index >= 15 is 0 Å². The van der Waals surface area contributed by atoms with Crippen molar-refractivity contribution in [1.29, 1.82) is 0 Å². The van der Waals surface area contributed by atoms with Gasteiger partial charge >= 0.3 is 5.97 Å². The largest absolute Gasteiger partial charge is 0.478 e. The molecule has 8 nitrogen and oxygen atoms in total. The Labute approximate surface area is 173 Å². The number of likely N-dealkylation sites (tertiary alicyclic amines) is 1. The first-order valence-electron chi connectivity index (χ1n) is 10.0. The predicted octanol–water partition coefficient (Wildman–Crippen LogP) is 1.10. The van der Waals surface area contributed by atoms with E-state index in [0.29, 0.717) is 13.0 Å². The highest BCUT2D eigenvalue weighted by molar-refractivity contribution is 5.91. The van der Waals surface area contributed by atoms with E-state index in [2.05, 4.69) is 5.32 Å². The number of hydrogen-bond acceptors (Lipinski definition) is 5. The number of carbonyl (C=O) groups excluding carboxylic acids is 2. The molecule has 1 aliphatic heterocycles. The van der Waals surface area contributed by atoms with Crippen molar-refractivity contribution in [3.8, 4) is 0 Å². The molecule has 4 atom stereocenters.